The van der Waals surface area contributed by atoms with Gasteiger partial charge in [0.2, 0.25) is 0 Å². The van der Waals surface area contributed by atoms with Crippen molar-refractivity contribution in [2.45, 2.75) is 26.8 Å². The molecule has 6 heteroatoms. The van der Waals surface area contributed by atoms with E-state index in [1.165, 1.54) is 0 Å². The van der Waals surface area contributed by atoms with Crippen molar-refractivity contribution < 1.29 is 9.53 Å². The average molecular weight is 368 g/mol. The molecular weight excluding hydrogens is 340 g/mol. The van der Waals surface area contributed by atoms with Gasteiger partial charge in [0.05, 0.1) is 18.9 Å². The molecule has 0 aromatic carbocycles. The lowest BCUT2D eigenvalue weighted by Crippen LogP contribution is -2.36. The molecule has 0 aliphatic carbocycles. The number of allylic oxidation sites excluding steroid dienone is 1. The van der Waals surface area contributed by atoms with Gasteiger partial charge in [-0.1, -0.05) is 12.1 Å². The Morgan fingerprint density at radius 2 is 2.11 bits per heavy atom. The van der Waals surface area contributed by atoms with E-state index in [1.54, 1.807) is 6.20 Å². The molecule has 6 nitrogen and oxygen atoms in total. The quantitative estimate of drug-likeness (QED) is 0.763. The van der Waals surface area contributed by atoms with Crippen molar-refractivity contribution in [1.29, 1.82) is 0 Å². The molecule has 1 saturated heterocycles. The summed E-state index contributed by atoms with van der Waals surface area (Å²) in [6.07, 6.45) is 4.32. The Morgan fingerprint density at radius 1 is 1.33 bits per heavy atom. The Labute approximate surface area is 160 Å². The highest BCUT2D eigenvalue weighted by molar-refractivity contribution is 5.96. The highest BCUT2D eigenvalue weighted by Crippen LogP contribution is 2.31. The lowest BCUT2D eigenvalue weighted by Gasteiger charge is -2.29. The number of rotatable bonds is 7. The smallest absolute Gasteiger partial charge is 0.268 e. The summed E-state index contributed by atoms with van der Waals surface area (Å²) in [5.74, 6) is -0.0482. The second-order valence-corrected chi connectivity index (χ2v) is 6.73. The molecule has 0 saturated carbocycles. The van der Waals surface area contributed by atoms with Gasteiger partial charge in [0.1, 0.15) is 5.69 Å². The molecule has 1 N–H and O–H groups in total. The van der Waals surface area contributed by atoms with E-state index in [0.717, 1.165) is 54.6 Å². The third kappa shape index (κ3) is 4.22. The Hall–Kier alpha value is -2.60. The fourth-order valence-corrected chi connectivity index (χ4v) is 3.72. The van der Waals surface area contributed by atoms with Crippen LogP contribution in [-0.4, -0.2) is 48.3 Å². The fraction of sp³-hybridized carbons (Fsp3) is 0.429. The number of aromatic nitrogens is 2. The molecule has 1 aliphatic heterocycles. The van der Waals surface area contributed by atoms with E-state index in [2.05, 4.69) is 33.3 Å². The number of nitrogens with zero attached hydrogens (tertiary/aromatic N) is 3. The summed E-state index contributed by atoms with van der Waals surface area (Å²) in [5.41, 5.74) is 4.96. The van der Waals surface area contributed by atoms with Gasteiger partial charge in [-0.3, -0.25) is 9.78 Å². The first-order chi connectivity index (χ1) is 13.1. The largest absolute Gasteiger partial charge is 0.378 e. The summed E-state index contributed by atoms with van der Waals surface area (Å²) in [6.45, 7) is 12.3. The van der Waals surface area contributed by atoms with Gasteiger partial charge in [-0.05, 0) is 26.0 Å². The van der Waals surface area contributed by atoms with E-state index in [1.807, 2.05) is 31.2 Å². The molecule has 2 aromatic rings. The molecule has 2 aromatic heterocycles. The van der Waals surface area contributed by atoms with Crippen LogP contribution in [0, 0.1) is 13.8 Å². The second kappa shape index (κ2) is 8.86. The zero-order chi connectivity index (χ0) is 19.2. The topological polar surface area (TPSA) is 59.4 Å². The summed E-state index contributed by atoms with van der Waals surface area (Å²) in [7, 11) is 0. The molecule has 1 fully saturated rings. The van der Waals surface area contributed by atoms with Crippen LogP contribution in [0.5, 0.6) is 0 Å². The number of carbonyl (C=O) groups is 1. The van der Waals surface area contributed by atoms with Crippen molar-refractivity contribution in [3.05, 3.63) is 59.7 Å². The molecule has 0 bridgehead atoms. The Bertz CT molecular complexity index is 792. The Kier molecular flexibility index (Phi) is 6.29. The third-order valence-electron chi connectivity index (χ3n) is 4.97. The van der Waals surface area contributed by atoms with Crippen molar-refractivity contribution in [2.75, 3.05) is 37.7 Å². The maximum Gasteiger partial charge on any atom is 0.268 e. The molecule has 0 spiro atoms. The van der Waals surface area contributed by atoms with Gasteiger partial charge in [0.25, 0.3) is 5.91 Å². The first kappa shape index (κ1) is 19.2. The van der Waals surface area contributed by atoms with E-state index in [9.17, 15) is 4.79 Å². The maximum atomic E-state index is 13.0. The van der Waals surface area contributed by atoms with Gasteiger partial charge in [0.15, 0.2) is 0 Å². The number of morpholine rings is 1. The van der Waals surface area contributed by atoms with Crippen LogP contribution in [0.1, 0.15) is 27.4 Å². The van der Waals surface area contributed by atoms with Crippen molar-refractivity contribution in [3.8, 4) is 0 Å². The number of ether oxygens (including phenoxy) is 1. The predicted molar refractivity (Wildman–Crippen MR) is 107 cm³/mol. The van der Waals surface area contributed by atoms with Crippen LogP contribution in [0.3, 0.4) is 0 Å². The van der Waals surface area contributed by atoms with Gasteiger partial charge in [-0.25, -0.2) is 0 Å². The number of carbonyl (C=O) groups excluding carboxylic acids is 1. The summed E-state index contributed by atoms with van der Waals surface area (Å²) < 4.78 is 7.54. The molecule has 27 heavy (non-hydrogen) atoms. The summed E-state index contributed by atoms with van der Waals surface area (Å²) >= 11 is 0. The van der Waals surface area contributed by atoms with Crippen LogP contribution in [0.15, 0.2) is 37.1 Å². The first-order valence-corrected chi connectivity index (χ1v) is 9.45. The zero-order valence-corrected chi connectivity index (χ0v) is 16.2. The lowest BCUT2D eigenvalue weighted by molar-refractivity contribution is 0.0944. The van der Waals surface area contributed by atoms with E-state index < -0.39 is 0 Å². The Balaban J connectivity index is 1.79. The molecule has 3 rings (SSSR count). The number of nitrogens with one attached hydrogen (secondary N) is 1. The molecule has 3 heterocycles. The number of hydrogen-bond donors (Lipinski definition) is 1. The highest BCUT2D eigenvalue weighted by Gasteiger charge is 2.26. The van der Waals surface area contributed by atoms with Crippen LogP contribution < -0.4 is 10.2 Å². The predicted octanol–water partition coefficient (Wildman–Crippen LogP) is 2.50. The van der Waals surface area contributed by atoms with Crippen molar-refractivity contribution in [1.82, 2.24) is 14.9 Å². The minimum absolute atomic E-state index is 0.0482. The highest BCUT2D eigenvalue weighted by atomic mass is 16.5. The molecule has 0 unspecified atom stereocenters. The van der Waals surface area contributed by atoms with Crippen LogP contribution >= 0.6 is 0 Å². The molecule has 0 atom stereocenters. The van der Waals surface area contributed by atoms with Crippen LogP contribution in [0.2, 0.25) is 0 Å². The summed E-state index contributed by atoms with van der Waals surface area (Å²) in [6, 6.07) is 5.82. The van der Waals surface area contributed by atoms with Crippen LogP contribution in [0.25, 0.3) is 0 Å². The van der Waals surface area contributed by atoms with E-state index in [0.29, 0.717) is 19.5 Å². The van der Waals surface area contributed by atoms with Gasteiger partial charge in [0, 0.05) is 55.7 Å². The molecular formula is C21H28N4O2. The van der Waals surface area contributed by atoms with Gasteiger partial charge in [-0.15, -0.1) is 6.58 Å². The SMILES string of the molecule is C=CCn1c(C)c(N2CCOCC2)c(C)c1C(=O)NCCc1ccccn1. The van der Waals surface area contributed by atoms with E-state index in [4.69, 9.17) is 4.74 Å². The van der Waals surface area contributed by atoms with Crippen molar-refractivity contribution in [3.63, 3.8) is 0 Å². The van der Waals surface area contributed by atoms with E-state index in [-0.39, 0.29) is 5.91 Å². The second-order valence-electron chi connectivity index (χ2n) is 6.73. The van der Waals surface area contributed by atoms with Gasteiger partial charge in [-0.2, -0.15) is 0 Å². The van der Waals surface area contributed by atoms with Crippen molar-refractivity contribution in [2.24, 2.45) is 0 Å². The fourth-order valence-electron chi connectivity index (χ4n) is 3.72. The molecule has 1 aliphatic rings. The first-order valence-electron chi connectivity index (χ1n) is 9.45. The van der Waals surface area contributed by atoms with Crippen LogP contribution in [0.4, 0.5) is 5.69 Å². The average Bonchev–Trinajstić information content (AvgIpc) is 2.93. The van der Waals surface area contributed by atoms with Crippen LogP contribution in [-0.2, 0) is 17.7 Å². The maximum absolute atomic E-state index is 13.0. The number of amides is 1. The minimum atomic E-state index is -0.0482. The number of anilines is 1. The molecule has 0 radical (unpaired) electrons. The molecule has 144 valence electrons. The Morgan fingerprint density at radius 3 is 2.78 bits per heavy atom. The minimum Gasteiger partial charge on any atom is -0.378 e. The molecule has 1 amide bonds. The van der Waals surface area contributed by atoms with Gasteiger partial charge >= 0.3 is 0 Å². The summed E-state index contributed by atoms with van der Waals surface area (Å²) in [5, 5.41) is 3.05. The zero-order valence-electron chi connectivity index (χ0n) is 16.2. The number of pyridine rings is 1. The normalized spacial score (nSPS) is 14.2. The lowest BCUT2D eigenvalue weighted by atomic mass is 10.1. The van der Waals surface area contributed by atoms with Gasteiger partial charge < -0.3 is 19.5 Å². The standard InChI is InChI=1S/C21H28N4O2/c1-4-11-25-17(3)19(24-12-14-27-15-13-24)16(2)20(25)21(26)23-10-8-18-7-5-6-9-22-18/h4-7,9H,1,8,10-15H2,2-3H3,(H,23,26). The monoisotopic (exact) mass is 368 g/mol. The number of hydrogen-bond acceptors (Lipinski definition) is 4. The van der Waals surface area contributed by atoms with E-state index >= 15 is 0 Å². The third-order valence-corrected chi connectivity index (χ3v) is 4.97. The summed E-state index contributed by atoms with van der Waals surface area (Å²) in [4.78, 5) is 19.6. The van der Waals surface area contributed by atoms with Crippen molar-refractivity contribution >= 4 is 11.6 Å².